The molecule has 5 amide bonds. The number of hydrogen-bond acceptors (Lipinski definition) is 7. The highest BCUT2D eigenvalue weighted by atomic mass is 19.4. The Morgan fingerprint density at radius 3 is 2.27 bits per heavy atom. The Bertz CT molecular complexity index is 1650. The smallest absolute Gasteiger partial charge is 0.416 e. The molecule has 0 fully saturated rings. The summed E-state index contributed by atoms with van der Waals surface area (Å²) in [5.41, 5.74) is 0.582. The molecule has 256 valence electrons. The van der Waals surface area contributed by atoms with Crippen LogP contribution in [0.15, 0.2) is 60.7 Å². The number of carbonyl (C=O) groups is 3. The molecule has 4 N–H and O–H groups in total. The van der Waals surface area contributed by atoms with Crippen LogP contribution in [0.1, 0.15) is 25.0 Å². The third-order valence-corrected chi connectivity index (χ3v) is 8.07. The van der Waals surface area contributed by atoms with Crippen LogP contribution in [-0.2, 0) is 17.4 Å². The normalized spacial score (nSPS) is 18.0. The molecule has 0 radical (unpaired) electrons. The Kier molecular flexibility index (Phi) is 10.2. The van der Waals surface area contributed by atoms with Crippen molar-refractivity contribution in [2.45, 2.75) is 38.6 Å². The van der Waals surface area contributed by atoms with Gasteiger partial charge in [0.1, 0.15) is 11.9 Å². The molecule has 0 saturated carbocycles. The van der Waals surface area contributed by atoms with Crippen molar-refractivity contribution >= 4 is 35.0 Å². The number of rotatable bonds is 7. The second-order valence-corrected chi connectivity index (χ2v) is 11.7. The van der Waals surface area contributed by atoms with Gasteiger partial charge in [0.2, 0.25) is 12.7 Å². The number of halogens is 3. The first kappa shape index (κ1) is 34.2. The number of aliphatic hydroxyl groups is 1. The van der Waals surface area contributed by atoms with E-state index in [1.54, 1.807) is 55.3 Å². The van der Waals surface area contributed by atoms with E-state index in [9.17, 15) is 32.7 Å². The molecule has 0 spiro atoms. The Labute approximate surface area is 274 Å². The van der Waals surface area contributed by atoms with Crippen molar-refractivity contribution < 1.29 is 46.9 Å². The number of urea groups is 2. The number of benzene rings is 3. The molecule has 0 unspecified atom stereocenters. The van der Waals surface area contributed by atoms with Crippen molar-refractivity contribution in [3.63, 3.8) is 0 Å². The highest BCUT2D eigenvalue weighted by molar-refractivity contribution is 6.00. The van der Waals surface area contributed by atoms with Gasteiger partial charge in [-0.1, -0.05) is 6.92 Å². The predicted octanol–water partition coefficient (Wildman–Crippen LogP) is 5.39. The summed E-state index contributed by atoms with van der Waals surface area (Å²) < 4.78 is 55.8. The Balaban J connectivity index is 1.32. The number of aliphatic hydroxyl groups excluding tert-OH is 1. The summed E-state index contributed by atoms with van der Waals surface area (Å²) in [5, 5.41) is 17.9. The maximum Gasteiger partial charge on any atom is 0.416 e. The van der Waals surface area contributed by atoms with E-state index in [0.29, 0.717) is 34.2 Å². The third-order valence-electron chi connectivity index (χ3n) is 8.07. The predicted molar refractivity (Wildman–Crippen MR) is 170 cm³/mol. The van der Waals surface area contributed by atoms with Gasteiger partial charge < -0.3 is 45.1 Å². The lowest BCUT2D eigenvalue weighted by atomic mass is 10.0. The second-order valence-electron chi connectivity index (χ2n) is 11.7. The average Bonchev–Trinajstić information content (AvgIpc) is 3.52. The van der Waals surface area contributed by atoms with Crippen LogP contribution in [0.4, 0.5) is 39.8 Å². The van der Waals surface area contributed by atoms with Crippen molar-refractivity contribution in [1.82, 2.24) is 9.80 Å². The molecule has 15 heteroatoms. The highest BCUT2D eigenvalue weighted by Crippen LogP contribution is 2.35. The minimum absolute atomic E-state index is 0.102. The summed E-state index contributed by atoms with van der Waals surface area (Å²) in [4.78, 5) is 42.4. The van der Waals surface area contributed by atoms with Gasteiger partial charge in [-0.3, -0.25) is 4.79 Å². The molecule has 3 aromatic carbocycles. The highest BCUT2D eigenvalue weighted by Gasteiger charge is 2.32. The minimum atomic E-state index is -4.50. The lowest BCUT2D eigenvalue weighted by molar-refractivity contribution is -0.137. The van der Waals surface area contributed by atoms with E-state index in [-0.39, 0.29) is 50.4 Å². The Morgan fingerprint density at radius 1 is 0.958 bits per heavy atom. The van der Waals surface area contributed by atoms with Gasteiger partial charge in [0.15, 0.2) is 11.5 Å². The van der Waals surface area contributed by atoms with Crippen LogP contribution in [0.2, 0.25) is 0 Å². The standard InChI is InChI=1S/C33H36F3N5O7/c1-19-15-41(20(2)17-42)30(43)13-21-12-24(38-31(44)37-23-6-4-22(5-7-23)33(34,35)36)8-10-26(21)48-29(19)16-40(3)32(45)39-25-9-11-27-28(14-25)47-18-46-27/h4-12,14,19-20,29,42H,13,15-18H2,1-3H3,(H,39,45)(H2,37,38,44)/t19-,20-,29+/m0/s1. The van der Waals surface area contributed by atoms with Crippen LogP contribution in [0, 0.1) is 5.92 Å². The van der Waals surface area contributed by atoms with Crippen LogP contribution >= 0.6 is 0 Å². The van der Waals surface area contributed by atoms with E-state index < -0.39 is 35.9 Å². The van der Waals surface area contributed by atoms with E-state index >= 15 is 0 Å². The molecule has 5 rings (SSSR count). The zero-order valence-electron chi connectivity index (χ0n) is 26.5. The van der Waals surface area contributed by atoms with E-state index in [0.717, 1.165) is 24.3 Å². The second kappa shape index (κ2) is 14.3. The number of alkyl halides is 3. The molecule has 12 nitrogen and oxygen atoms in total. The van der Waals surface area contributed by atoms with Crippen molar-refractivity contribution in [2.75, 3.05) is 49.5 Å². The fourth-order valence-corrected chi connectivity index (χ4v) is 5.31. The van der Waals surface area contributed by atoms with Crippen molar-refractivity contribution in [2.24, 2.45) is 5.92 Å². The number of amides is 5. The maximum atomic E-state index is 13.5. The number of nitrogens with zero attached hydrogens (tertiary/aromatic N) is 2. The van der Waals surface area contributed by atoms with Crippen molar-refractivity contribution in [1.29, 1.82) is 0 Å². The topological polar surface area (TPSA) is 142 Å². The molecule has 3 atom stereocenters. The Hall–Kier alpha value is -5.18. The fraction of sp³-hybridized carbons (Fsp3) is 0.364. The number of fused-ring (bicyclic) bond motifs is 2. The van der Waals surface area contributed by atoms with E-state index in [1.807, 2.05) is 6.92 Å². The number of hydrogen-bond donors (Lipinski definition) is 4. The summed E-state index contributed by atoms with van der Waals surface area (Å²) in [6.07, 6.45) is -5.19. The van der Waals surface area contributed by atoms with Gasteiger partial charge in [0.25, 0.3) is 0 Å². The van der Waals surface area contributed by atoms with Gasteiger partial charge in [0.05, 0.1) is 31.2 Å². The van der Waals surface area contributed by atoms with Crippen LogP contribution in [-0.4, -0.2) is 78.6 Å². The van der Waals surface area contributed by atoms with Crippen LogP contribution in [0.5, 0.6) is 17.2 Å². The summed E-state index contributed by atoms with van der Waals surface area (Å²) in [6.45, 7) is 3.85. The molecule has 2 aliphatic rings. The average molecular weight is 672 g/mol. The van der Waals surface area contributed by atoms with E-state index in [2.05, 4.69) is 16.0 Å². The van der Waals surface area contributed by atoms with Crippen LogP contribution in [0.25, 0.3) is 0 Å². The molecule has 0 saturated heterocycles. The molecule has 48 heavy (non-hydrogen) atoms. The number of anilines is 3. The van der Waals surface area contributed by atoms with Crippen molar-refractivity contribution in [3.05, 3.63) is 71.8 Å². The fourth-order valence-electron chi connectivity index (χ4n) is 5.31. The van der Waals surface area contributed by atoms with Crippen LogP contribution < -0.4 is 30.2 Å². The van der Waals surface area contributed by atoms with Gasteiger partial charge in [-0.25, -0.2) is 9.59 Å². The summed E-state index contributed by atoms with van der Waals surface area (Å²) in [7, 11) is 1.62. The minimum Gasteiger partial charge on any atom is -0.488 e. The van der Waals surface area contributed by atoms with E-state index in [1.165, 1.54) is 4.90 Å². The Morgan fingerprint density at radius 2 is 1.58 bits per heavy atom. The number of carbonyl (C=O) groups excluding carboxylic acids is 3. The zero-order chi connectivity index (χ0) is 34.6. The van der Waals surface area contributed by atoms with Gasteiger partial charge in [-0.05, 0) is 61.5 Å². The summed E-state index contributed by atoms with van der Waals surface area (Å²) in [6, 6.07) is 12.2. The molecule has 2 aliphatic heterocycles. The largest absolute Gasteiger partial charge is 0.488 e. The first-order valence-corrected chi connectivity index (χ1v) is 15.2. The van der Waals surface area contributed by atoms with Gasteiger partial charge in [-0.15, -0.1) is 0 Å². The number of nitrogens with one attached hydrogen (secondary N) is 3. The van der Waals surface area contributed by atoms with Gasteiger partial charge >= 0.3 is 18.2 Å². The van der Waals surface area contributed by atoms with Crippen molar-refractivity contribution in [3.8, 4) is 17.2 Å². The maximum absolute atomic E-state index is 13.5. The molecule has 0 aromatic heterocycles. The molecular formula is C33H36F3N5O7. The molecule has 2 heterocycles. The summed E-state index contributed by atoms with van der Waals surface area (Å²) >= 11 is 0. The summed E-state index contributed by atoms with van der Waals surface area (Å²) in [5.74, 6) is 0.935. The monoisotopic (exact) mass is 671 g/mol. The lowest BCUT2D eigenvalue weighted by Crippen LogP contribution is -2.48. The van der Waals surface area contributed by atoms with Gasteiger partial charge in [-0.2, -0.15) is 13.2 Å². The van der Waals surface area contributed by atoms with Gasteiger partial charge in [0, 0.05) is 48.2 Å². The number of ether oxygens (including phenoxy) is 3. The SMILES string of the molecule is C[C@H]1CN([C@@H](C)CO)C(=O)Cc2cc(NC(=O)Nc3ccc(C(F)(F)F)cc3)ccc2O[C@@H]1CN(C)C(=O)Nc1ccc2c(c1)OCO2. The lowest BCUT2D eigenvalue weighted by Gasteiger charge is -2.34. The third kappa shape index (κ3) is 8.20. The molecule has 3 aromatic rings. The molecule has 0 aliphatic carbocycles. The quantitative estimate of drug-likeness (QED) is 0.264. The number of likely N-dealkylation sites (N-methyl/N-ethyl adjacent to an activating group) is 1. The van der Waals surface area contributed by atoms with Crippen LogP contribution in [0.3, 0.4) is 0 Å². The molecular weight excluding hydrogens is 635 g/mol. The first-order valence-electron chi connectivity index (χ1n) is 15.2. The first-order chi connectivity index (χ1) is 22.8. The molecule has 0 bridgehead atoms. The van der Waals surface area contributed by atoms with E-state index in [4.69, 9.17) is 14.2 Å². The zero-order valence-corrected chi connectivity index (χ0v) is 26.5.